The SMILES string of the molecule is CN(C)C.O=Cc1cc2cnc(Cl)nc2n1C1CCCC1. The number of hydrogen-bond acceptors (Lipinski definition) is 4. The lowest BCUT2D eigenvalue weighted by Crippen LogP contribution is -2.08. The van der Waals surface area contributed by atoms with E-state index in [0.29, 0.717) is 11.7 Å². The molecular weight excluding hydrogens is 288 g/mol. The number of fused-ring (bicyclic) bond motifs is 1. The third-order valence-electron chi connectivity index (χ3n) is 3.39. The van der Waals surface area contributed by atoms with E-state index >= 15 is 0 Å². The van der Waals surface area contributed by atoms with Gasteiger partial charge in [-0.1, -0.05) is 12.8 Å². The second-order valence-electron chi connectivity index (χ2n) is 5.75. The largest absolute Gasteiger partial charge is 0.320 e. The molecule has 114 valence electrons. The van der Waals surface area contributed by atoms with Crippen LogP contribution in [0.25, 0.3) is 11.0 Å². The molecule has 2 aromatic heterocycles. The van der Waals surface area contributed by atoms with E-state index in [-0.39, 0.29) is 5.28 Å². The number of carbonyl (C=O) groups is 1. The minimum atomic E-state index is 0.229. The van der Waals surface area contributed by atoms with Crippen molar-refractivity contribution in [3.05, 3.63) is 23.2 Å². The molecule has 6 heteroatoms. The third kappa shape index (κ3) is 3.80. The zero-order chi connectivity index (χ0) is 15.4. The van der Waals surface area contributed by atoms with Crippen LogP contribution in [0.4, 0.5) is 0 Å². The molecule has 0 N–H and O–H groups in total. The van der Waals surface area contributed by atoms with Gasteiger partial charge in [-0.15, -0.1) is 0 Å². The number of rotatable bonds is 2. The fourth-order valence-electron chi connectivity index (χ4n) is 2.64. The Labute approximate surface area is 129 Å². The first-order chi connectivity index (χ1) is 10.0. The first-order valence-corrected chi connectivity index (χ1v) is 7.50. The topological polar surface area (TPSA) is 51.0 Å². The molecule has 0 atom stereocenters. The molecule has 0 spiro atoms. The van der Waals surface area contributed by atoms with E-state index in [4.69, 9.17) is 11.6 Å². The van der Waals surface area contributed by atoms with Crippen LogP contribution in [0, 0.1) is 0 Å². The maximum atomic E-state index is 11.1. The molecular formula is C15H21ClN4O. The van der Waals surface area contributed by atoms with E-state index in [0.717, 1.165) is 30.2 Å². The number of halogens is 1. The van der Waals surface area contributed by atoms with Crippen LogP contribution in [0.3, 0.4) is 0 Å². The van der Waals surface area contributed by atoms with Crippen molar-refractivity contribution in [3.63, 3.8) is 0 Å². The lowest BCUT2D eigenvalue weighted by molar-refractivity contribution is 0.111. The lowest BCUT2D eigenvalue weighted by Gasteiger charge is -2.14. The second-order valence-corrected chi connectivity index (χ2v) is 6.09. The van der Waals surface area contributed by atoms with Gasteiger partial charge in [0.2, 0.25) is 5.28 Å². The average Bonchev–Trinajstić information content (AvgIpc) is 3.03. The van der Waals surface area contributed by atoms with Crippen LogP contribution in [-0.4, -0.2) is 46.9 Å². The Balaban J connectivity index is 0.000000361. The van der Waals surface area contributed by atoms with Crippen LogP contribution in [0.2, 0.25) is 5.28 Å². The van der Waals surface area contributed by atoms with Crippen molar-refractivity contribution >= 4 is 28.9 Å². The lowest BCUT2D eigenvalue weighted by atomic mass is 10.2. The standard InChI is InChI=1S/C12H12ClN3O.C3H9N/c13-12-14-6-8-5-10(7-17)16(11(8)15-12)9-3-1-2-4-9;1-4(2)3/h5-7,9H,1-4H2;1-3H3. The molecule has 2 heterocycles. The highest BCUT2D eigenvalue weighted by Crippen LogP contribution is 2.33. The van der Waals surface area contributed by atoms with Crippen LogP contribution >= 0.6 is 11.6 Å². The summed E-state index contributed by atoms with van der Waals surface area (Å²) in [6.07, 6.45) is 7.18. The Hall–Kier alpha value is -1.46. The molecule has 21 heavy (non-hydrogen) atoms. The summed E-state index contributed by atoms with van der Waals surface area (Å²) in [4.78, 5) is 21.3. The molecule has 0 saturated heterocycles. The van der Waals surface area contributed by atoms with Gasteiger partial charge in [-0.25, -0.2) is 4.98 Å². The molecule has 1 aliphatic carbocycles. The number of aromatic nitrogens is 3. The summed E-state index contributed by atoms with van der Waals surface area (Å²) in [6.45, 7) is 0. The highest BCUT2D eigenvalue weighted by molar-refractivity contribution is 6.28. The molecule has 0 unspecified atom stereocenters. The Kier molecular flexibility index (Phi) is 5.31. The average molecular weight is 309 g/mol. The van der Waals surface area contributed by atoms with Gasteiger partial charge >= 0.3 is 0 Å². The minimum Gasteiger partial charge on any atom is -0.320 e. The molecule has 0 amide bonds. The van der Waals surface area contributed by atoms with Crippen molar-refractivity contribution in [3.8, 4) is 0 Å². The molecule has 0 aliphatic heterocycles. The first kappa shape index (κ1) is 15.9. The Morgan fingerprint density at radius 3 is 2.52 bits per heavy atom. The number of carbonyl (C=O) groups excluding carboxylic acids is 1. The maximum absolute atomic E-state index is 11.1. The van der Waals surface area contributed by atoms with E-state index in [1.807, 2.05) is 36.7 Å². The smallest absolute Gasteiger partial charge is 0.224 e. The highest BCUT2D eigenvalue weighted by Gasteiger charge is 2.22. The van der Waals surface area contributed by atoms with Crippen molar-refractivity contribution < 1.29 is 4.79 Å². The van der Waals surface area contributed by atoms with Crippen LogP contribution in [0.5, 0.6) is 0 Å². The van der Waals surface area contributed by atoms with E-state index in [2.05, 4.69) is 9.97 Å². The first-order valence-electron chi connectivity index (χ1n) is 7.12. The predicted octanol–water partition coefficient (Wildman–Crippen LogP) is 3.19. The Morgan fingerprint density at radius 2 is 1.95 bits per heavy atom. The summed E-state index contributed by atoms with van der Waals surface area (Å²) in [7, 11) is 6.00. The van der Waals surface area contributed by atoms with E-state index < -0.39 is 0 Å². The normalized spacial score (nSPS) is 15.3. The molecule has 5 nitrogen and oxygen atoms in total. The summed E-state index contributed by atoms with van der Waals surface area (Å²) in [5.74, 6) is 0. The molecule has 0 aromatic carbocycles. The van der Waals surface area contributed by atoms with Gasteiger partial charge < -0.3 is 9.47 Å². The predicted molar refractivity (Wildman–Crippen MR) is 85.0 cm³/mol. The molecule has 0 radical (unpaired) electrons. The van der Waals surface area contributed by atoms with Crippen LogP contribution in [0.15, 0.2) is 12.3 Å². The zero-order valence-electron chi connectivity index (χ0n) is 12.7. The number of hydrogen-bond donors (Lipinski definition) is 0. The van der Waals surface area contributed by atoms with E-state index in [1.54, 1.807) is 6.20 Å². The van der Waals surface area contributed by atoms with Gasteiger partial charge in [-0.2, -0.15) is 4.98 Å². The van der Waals surface area contributed by atoms with Gasteiger partial charge in [0.15, 0.2) is 6.29 Å². The summed E-state index contributed by atoms with van der Waals surface area (Å²) < 4.78 is 2.02. The second kappa shape index (κ2) is 7.00. The van der Waals surface area contributed by atoms with Crippen molar-refractivity contribution in [2.24, 2.45) is 0 Å². The van der Waals surface area contributed by atoms with E-state index in [9.17, 15) is 4.79 Å². The fraction of sp³-hybridized carbons (Fsp3) is 0.533. The number of aldehydes is 1. The third-order valence-corrected chi connectivity index (χ3v) is 3.57. The van der Waals surface area contributed by atoms with Gasteiger partial charge in [0.1, 0.15) is 5.65 Å². The Bertz CT molecular complexity index is 615. The van der Waals surface area contributed by atoms with Crippen molar-refractivity contribution in [2.45, 2.75) is 31.7 Å². The molecule has 1 saturated carbocycles. The van der Waals surface area contributed by atoms with E-state index in [1.165, 1.54) is 12.8 Å². The van der Waals surface area contributed by atoms with Crippen LogP contribution in [-0.2, 0) is 0 Å². The fourth-order valence-corrected chi connectivity index (χ4v) is 2.77. The minimum absolute atomic E-state index is 0.229. The van der Waals surface area contributed by atoms with Crippen molar-refractivity contribution in [1.29, 1.82) is 0 Å². The summed E-state index contributed by atoms with van der Waals surface area (Å²) in [5.41, 5.74) is 1.45. The summed E-state index contributed by atoms with van der Waals surface area (Å²) >= 11 is 5.83. The summed E-state index contributed by atoms with van der Waals surface area (Å²) in [6, 6.07) is 2.20. The quantitative estimate of drug-likeness (QED) is 0.631. The van der Waals surface area contributed by atoms with Gasteiger partial charge in [-0.3, -0.25) is 4.79 Å². The highest BCUT2D eigenvalue weighted by atomic mass is 35.5. The molecule has 1 aliphatic rings. The van der Waals surface area contributed by atoms with Crippen molar-refractivity contribution in [2.75, 3.05) is 21.1 Å². The van der Waals surface area contributed by atoms with Crippen LogP contribution in [0.1, 0.15) is 42.2 Å². The summed E-state index contributed by atoms with van der Waals surface area (Å²) in [5, 5.41) is 1.11. The molecule has 0 bridgehead atoms. The molecule has 2 aromatic rings. The molecule has 3 rings (SSSR count). The zero-order valence-corrected chi connectivity index (χ0v) is 13.5. The van der Waals surface area contributed by atoms with Crippen molar-refractivity contribution in [1.82, 2.24) is 19.4 Å². The monoisotopic (exact) mass is 308 g/mol. The Morgan fingerprint density at radius 1 is 1.33 bits per heavy atom. The van der Waals surface area contributed by atoms with Gasteiger partial charge in [0.05, 0.1) is 5.69 Å². The van der Waals surface area contributed by atoms with Gasteiger partial charge in [0, 0.05) is 17.6 Å². The van der Waals surface area contributed by atoms with Gasteiger partial charge in [0.25, 0.3) is 0 Å². The molecule has 1 fully saturated rings. The van der Waals surface area contributed by atoms with Crippen LogP contribution < -0.4 is 0 Å². The number of nitrogens with zero attached hydrogens (tertiary/aromatic N) is 4. The maximum Gasteiger partial charge on any atom is 0.224 e. The van der Waals surface area contributed by atoms with Gasteiger partial charge in [-0.05, 0) is 51.7 Å².